The highest BCUT2D eigenvalue weighted by atomic mass is 32.2. The van der Waals surface area contributed by atoms with Crippen molar-refractivity contribution in [3.63, 3.8) is 0 Å². The van der Waals surface area contributed by atoms with E-state index in [1.807, 2.05) is 61.3 Å². The summed E-state index contributed by atoms with van der Waals surface area (Å²) in [5.74, 6) is 2.22. The van der Waals surface area contributed by atoms with Crippen molar-refractivity contribution in [1.29, 1.82) is 0 Å². The summed E-state index contributed by atoms with van der Waals surface area (Å²) in [7, 11) is 0. The number of carbonyl (C=O) groups excluding carboxylic acids is 3. The van der Waals surface area contributed by atoms with Crippen molar-refractivity contribution in [2.45, 2.75) is 98.2 Å². The van der Waals surface area contributed by atoms with Gasteiger partial charge in [0.1, 0.15) is 6.04 Å². The van der Waals surface area contributed by atoms with Crippen molar-refractivity contribution in [3.8, 4) is 11.1 Å². The Morgan fingerprint density at radius 2 is 1.74 bits per heavy atom. The van der Waals surface area contributed by atoms with Crippen molar-refractivity contribution in [1.82, 2.24) is 10.6 Å². The molecule has 2 unspecified atom stereocenters. The van der Waals surface area contributed by atoms with Gasteiger partial charge in [-0.2, -0.15) is 23.5 Å². The Balaban J connectivity index is 1.79. The number of thioether (sulfide) groups is 2. The van der Waals surface area contributed by atoms with E-state index >= 15 is 0 Å². The number of benzene rings is 2. The quantitative estimate of drug-likeness (QED) is 0.130. The summed E-state index contributed by atoms with van der Waals surface area (Å²) < 4.78 is 10.4. The zero-order valence-electron chi connectivity index (χ0n) is 28.6. The van der Waals surface area contributed by atoms with E-state index in [0.717, 1.165) is 46.2 Å². The average molecular weight is 671 g/mol. The molecule has 0 heterocycles. The van der Waals surface area contributed by atoms with E-state index in [2.05, 4.69) is 23.6 Å². The first kappa shape index (κ1) is 38.0. The minimum Gasteiger partial charge on any atom is -0.427 e. The molecule has 254 valence electrons. The molecule has 9 heteroatoms. The lowest BCUT2D eigenvalue weighted by Gasteiger charge is -2.27. The van der Waals surface area contributed by atoms with Crippen LogP contribution in [0, 0.1) is 18.3 Å². The van der Waals surface area contributed by atoms with Gasteiger partial charge in [-0.05, 0) is 98.6 Å². The molecule has 46 heavy (non-hydrogen) atoms. The minimum atomic E-state index is -0.879. The highest BCUT2D eigenvalue weighted by molar-refractivity contribution is 7.99. The molecule has 0 aromatic heterocycles. The molecule has 0 saturated heterocycles. The highest BCUT2D eigenvalue weighted by Gasteiger charge is 2.27. The summed E-state index contributed by atoms with van der Waals surface area (Å²) >= 11 is 3.57. The van der Waals surface area contributed by atoms with Crippen LogP contribution >= 0.6 is 23.5 Å². The van der Waals surface area contributed by atoms with Crippen LogP contribution < -0.4 is 10.6 Å². The largest absolute Gasteiger partial charge is 0.427 e. The molecule has 1 aliphatic rings. The Labute approximate surface area is 285 Å². The monoisotopic (exact) mass is 670 g/mol. The molecule has 0 bridgehead atoms. The zero-order valence-corrected chi connectivity index (χ0v) is 30.2. The SMILES string of the molecule is CCSCC(CC1CCCCC1)NCc1ccc(C(=O)NC(CCSC)C(=O)OCOC(=O)C(C)(C)C)c(-c2ccccc2C)c1. The first-order chi connectivity index (χ1) is 22.0. The van der Waals surface area contributed by atoms with Crippen LogP contribution in [0.2, 0.25) is 0 Å². The third kappa shape index (κ3) is 12.3. The lowest BCUT2D eigenvalue weighted by molar-refractivity contribution is -0.174. The van der Waals surface area contributed by atoms with Gasteiger partial charge in [-0.25, -0.2) is 4.79 Å². The molecular formula is C37H54N2O5S2. The van der Waals surface area contributed by atoms with E-state index in [4.69, 9.17) is 9.47 Å². The fourth-order valence-electron chi connectivity index (χ4n) is 5.73. The standard InChI is InChI=1S/C37H54N2O5S2/c1-7-46-24-29(21-27-14-9-8-10-15-27)38-23-28-17-18-31(32(22-28)30-16-12-11-13-26(30)2)34(40)39-33(19-20-45-6)35(41)43-25-44-36(42)37(3,4)5/h11-13,16-18,22,27,29,33,38H,7-10,14-15,19-21,23-25H2,1-6H3,(H,39,40). The van der Waals surface area contributed by atoms with E-state index in [1.54, 1.807) is 32.5 Å². The van der Waals surface area contributed by atoms with Crippen LogP contribution in [0.4, 0.5) is 0 Å². The lowest BCUT2D eigenvalue weighted by Crippen LogP contribution is -2.43. The van der Waals surface area contributed by atoms with Gasteiger partial charge >= 0.3 is 11.9 Å². The minimum absolute atomic E-state index is 0.345. The number of hydrogen-bond acceptors (Lipinski definition) is 8. The molecule has 3 rings (SSSR count). The van der Waals surface area contributed by atoms with Crippen LogP contribution in [0.1, 0.15) is 94.1 Å². The second kappa shape index (κ2) is 19.4. The van der Waals surface area contributed by atoms with Crippen LogP contribution in [0.5, 0.6) is 0 Å². The second-order valence-electron chi connectivity index (χ2n) is 13.2. The van der Waals surface area contributed by atoms with E-state index in [9.17, 15) is 14.4 Å². The molecule has 1 amide bonds. The summed E-state index contributed by atoms with van der Waals surface area (Å²) in [4.78, 5) is 39.0. The van der Waals surface area contributed by atoms with Gasteiger partial charge in [-0.1, -0.05) is 69.4 Å². The first-order valence-electron chi connectivity index (χ1n) is 16.7. The van der Waals surface area contributed by atoms with E-state index in [-0.39, 0.29) is 5.91 Å². The van der Waals surface area contributed by atoms with Crippen LogP contribution in [-0.4, -0.2) is 60.2 Å². The maximum Gasteiger partial charge on any atom is 0.331 e. The van der Waals surface area contributed by atoms with E-state index in [0.29, 0.717) is 23.8 Å². The molecular weight excluding hydrogens is 617 g/mol. The number of hydrogen-bond donors (Lipinski definition) is 2. The maximum atomic E-state index is 13.8. The number of esters is 2. The average Bonchev–Trinajstić information content (AvgIpc) is 3.04. The number of aryl methyl sites for hydroxylation is 1. The van der Waals surface area contributed by atoms with Crippen molar-refractivity contribution >= 4 is 41.4 Å². The van der Waals surface area contributed by atoms with Crippen molar-refractivity contribution in [2.75, 3.05) is 30.3 Å². The van der Waals surface area contributed by atoms with Crippen LogP contribution in [-0.2, 0) is 25.6 Å². The van der Waals surface area contributed by atoms with Crippen molar-refractivity contribution in [2.24, 2.45) is 11.3 Å². The molecule has 2 N–H and O–H groups in total. The number of nitrogens with one attached hydrogen (secondary N) is 2. The summed E-state index contributed by atoms with van der Waals surface area (Å²) in [6.45, 7) is 9.68. The fourth-order valence-corrected chi connectivity index (χ4v) is 6.98. The Morgan fingerprint density at radius 1 is 1.00 bits per heavy atom. The van der Waals surface area contributed by atoms with Crippen molar-refractivity contribution in [3.05, 3.63) is 59.2 Å². The van der Waals surface area contributed by atoms with Gasteiger partial charge in [0, 0.05) is 23.9 Å². The van der Waals surface area contributed by atoms with Gasteiger partial charge in [0.25, 0.3) is 5.91 Å². The third-order valence-electron chi connectivity index (χ3n) is 8.43. The summed E-state index contributed by atoms with van der Waals surface area (Å²) in [5.41, 5.74) is 3.78. The molecule has 0 radical (unpaired) electrons. The first-order valence-corrected chi connectivity index (χ1v) is 19.2. The Morgan fingerprint density at radius 3 is 2.41 bits per heavy atom. The van der Waals surface area contributed by atoms with Gasteiger partial charge in [-0.3, -0.25) is 9.59 Å². The summed E-state index contributed by atoms with van der Waals surface area (Å²) in [6.07, 6.45) is 10.3. The lowest BCUT2D eigenvalue weighted by atomic mass is 9.85. The van der Waals surface area contributed by atoms with Gasteiger partial charge in [0.15, 0.2) is 0 Å². The smallest absolute Gasteiger partial charge is 0.331 e. The molecule has 1 fully saturated rings. The molecule has 0 aliphatic heterocycles. The van der Waals surface area contributed by atoms with Gasteiger partial charge in [-0.15, -0.1) is 0 Å². The van der Waals surface area contributed by atoms with Gasteiger partial charge in [0.05, 0.1) is 5.41 Å². The molecule has 2 aromatic carbocycles. The maximum absolute atomic E-state index is 13.8. The predicted molar refractivity (Wildman–Crippen MR) is 192 cm³/mol. The Hall–Kier alpha value is -2.49. The van der Waals surface area contributed by atoms with Crippen LogP contribution in [0.25, 0.3) is 11.1 Å². The van der Waals surface area contributed by atoms with E-state index < -0.39 is 30.2 Å². The normalized spacial score (nSPS) is 15.2. The second-order valence-corrected chi connectivity index (χ2v) is 15.5. The molecule has 0 spiro atoms. The van der Waals surface area contributed by atoms with Crippen molar-refractivity contribution < 1.29 is 23.9 Å². The summed E-state index contributed by atoms with van der Waals surface area (Å²) in [6, 6.07) is 13.6. The van der Waals surface area contributed by atoms with Crippen LogP contribution in [0.15, 0.2) is 42.5 Å². The molecule has 2 atom stereocenters. The summed E-state index contributed by atoms with van der Waals surface area (Å²) in [5, 5.41) is 6.76. The highest BCUT2D eigenvalue weighted by Crippen LogP contribution is 2.30. The number of amides is 1. The Bertz CT molecular complexity index is 1270. The predicted octanol–water partition coefficient (Wildman–Crippen LogP) is 7.79. The van der Waals surface area contributed by atoms with Crippen LogP contribution in [0.3, 0.4) is 0 Å². The topological polar surface area (TPSA) is 93.7 Å². The molecule has 2 aromatic rings. The molecule has 7 nitrogen and oxygen atoms in total. The van der Waals surface area contributed by atoms with Gasteiger partial charge in [0.2, 0.25) is 6.79 Å². The van der Waals surface area contributed by atoms with Gasteiger partial charge < -0.3 is 20.1 Å². The number of rotatable bonds is 17. The third-order valence-corrected chi connectivity index (χ3v) is 10.1. The fraction of sp³-hybridized carbons (Fsp3) is 0.595. The zero-order chi connectivity index (χ0) is 33.5. The number of carbonyl (C=O) groups is 3. The molecule has 1 aliphatic carbocycles. The molecule has 1 saturated carbocycles. The van der Waals surface area contributed by atoms with E-state index in [1.165, 1.54) is 38.5 Å². The number of ether oxygens (including phenoxy) is 2. The Kier molecular flexibility index (Phi) is 16.0.